The Morgan fingerprint density at radius 3 is 1.55 bits per heavy atom. The Kier molecular flexibility index (Phi) is 7.64. The highest BCUT2D eigenvalue weighted by molar-refractivity contribution is 7.26. The molecule has 0 saturated carbocycles. The summed E-state index contributed by atoms with van der Waals surface area (Å²) >= 11 is 1.85. The lowest BCUT2D eigenvalue weighted by atomic mass is 9.98. The summed E-state index contributed by atoms with van der Waals surface area (Å²) in [4.78, 5) is 15.3. The number of benzene rings is 8. The zero-order valence-corrected chi connectivity index (χ0v) is 31.0. The molecule has 4 nitrogen and oxygen atoms in total. The van der Waals surface area contributed by atoms with Crippen molar-refractivity contribution in [3.05, 3.63) is 194 Å². The molecule has 3 aromatic heterocycles. The van der Waals surface area contributed by atoms with Crippen molar-refractivity contribution in [1.82, 2.24) is 19.5 Å². The van der Waals surface area contributed by atoms with Crippen LogP contribution < -0.4 is 0 Å². The number of nitrogens with zero attached hydrogens (tertiary/aromatic N) is 4. The molecule has 11 aromatic rings. The van der Waals surface area contributed by atoms with E-state index in [0.29, 0.717) is 17.5 Å². The van der Waals surface area contributed by atoms with E-state index in [1.807, 2.05) is 47.7 Å². The minimum absolute atomic E-state index is 0.644. The quantitative estimate of drug-likeness (QED) is 0.171. The molecular weight excluding hydrogens is 701 g/mol. The van der Waals surface area contributed by atoms with E-state index in [1.165, 1.54) is 42.4 Å². The van der Waals surface area contributed by atoms with Crippen LogP contribution in [0.25, 0.3) is 104 Å². The van der Waals surface area contributed by atoms with E-state index in [9.17, 15) is 0 Å². The monoisotopic (exact) mass is 732 g/mol. The third-order valence-electron chi connectivity index (χ3n) is 10.7. The second-order valence-corrected chi connectivity index (χ2v) is 15.1. The van der Waals surface area contributed by atoms with Crippen LogP contribution in [0.1, 0.15) is 0 Å². The average molecular weight is 733 g/mol. The Hall–Kier alpha value is -7.21. The first-order valence-corrected chi connectivity index (χ1v) is 19.6. The van der Waals surface area contributed by atoms with Crippen LogP contribution in [0.4, 0.5) is 0 Å². The molecule has 0 unspecified atom stereocenters. The Balaban J connectivity index is 1.17. The van der Waals surface area contributed by atoms with Crippen LogP contribution in [-0.4, -0.2) is 19.5 Å². The fourth-order valence-corrected chi connectivity index (χ4v) is 9.21. The molecule has 11 rings (SSSR count). The number of hydrogen-bond acceptors (Lipinski definition) is 4. The summed E-state index contributed by atoms with van der Waals surface area (Å²) in [5, 5.41) is 4.78. The first kappa shape index (κ1) is 32.2. The number of hydrogen-bond donors (Lipinski definition) is 0. The summed E-state index contributed by atoms with van der Waals surface area (Å²) in [7, 11) is 0. The lowest BCUT2D eigenvalue weighted by Gasteiger charge is -2.13. The molecule has 0 bridgehead atoms. The van der Waals surface area contributed by atoms with E-state index in [1.54, 1.807) is 0 Å². The second kappa shape index (κ2) is 13.3. The Morgan fingerprint density at radius 2 is 0.875 bits per heavy atom. The van der Waals surface area contributed by atoms with Crippen LogP contribution in [0.2, 0.25) is 0 Å². The molecule has 0 radical (unpaired) electrons. The molecule has 0 aliphatic heterocycles. The molecule has 0 N–H and O–H groups in total. The number of thiophene rings is 1. The molecule has 262 valence electrons. The first-order valence-electron chi connectivity index (χ1n) is 18.8. The van der Waals surface area contributed by atoms with Gasteiger partial charge < -0.3 is 4.57 Å². The van der Waals surface area contributed by atoms with Gasteiger partial charge in [0, 0.05) is 42.9 Å². The number of para-hydroxylation sites is 1. The molecule has 0 amide bonds. The van der Waals surface area contributed by atoms with E-state index in [-0.39, 0.29) is 0 Å². The molecule has 56 heavy (non-hydrogen) atoms. The van der Waals surface area contributed by atoms with E-state index in [2.05, 4.69) is 162 Å². The van der Waals surface area contributed by atoms with Crippen molar-refractivity contribution < 1.29 is 0 Å². The number of fused-ring (bicyclic) bond motifs is 6. The zero-order valence-electron chi connectivity index (χ0n) is 30.2. The van der Waals surface area contributed by atoms with E-state index < -0.39 is 0 Å². The van der Waals surface area contributed by atoms with Crippen molar-refractivity contribution in [3.63, 3.8) is 0 Å². The third-order valence-corrected chi connectivity index (χ3v) is 11.9. The van der Waals surface area contributed by atoms with Crippen LogP contribution in [-0.2, 0) is 0 Å². The summed E-state index contributed by atoms with van der Waals surface area (Å²) in [6, 6.07) is 68.6. The van der Waals surface area contributed by atoms with E-state index in [4.69, 9.17) is 15.0 Å². The fourth-order valence-electron chi connectivity index (χ4n) is 8.02. The molecule has 5 heteroatoms. The van der Waals surface area contributed by atoms with Crippen molar-refractivity contribution in [2.75, 3.05) is 0 Å². The van der Waals surface area contributed by atoms with E-state index in [0.717, 1.165) is 44.2 Å². The summed E-state index contributed by atoms with van der Waals surface area (Å²) in [5.74, 6) is 1.94. The zero-order chi connectivity index (χ0) is 37.0. The molecule has 8 aromatic carbocycles. The van der Waals surface area contributed by atoms with Crippen molar-refractivity contribution in [1.29, 1.82) is 0 Å². The van der Waals surface area contributed by atoms with Crippen LogP contribution in [0.5, 0.6) is 0 Å². The van der Waals surface area contributed by atoms with Crippen molar-refractivity contribution in [2.24, 2.45) is 0 Å². The summed E-state index contributed by atoms with van der Waals surface area (Å²) in [6.45, 7) is 0. The van der Waals surface area contributed by atoms with Crippen LogP contribution in [0, 0.1) is 0 Å². The smallest absolute Gasteiger partial charge is 0.164 e. The van der Waals surface area contributed by atoms with Gasteiger partial charge in [-0.15, -0.1) is 11.3 Å². The maximum absolute atomic E-state index is 5.17. The van der Waals surface area contributed by atoms with Gasteiger partial charge in [-0.05, 0) is 52.6 Å². The van der Waals surface area contributed by atoms with Gasteiger partial charge in [0.05, 0.1) is 21.4 Å². The molecular formula is C51H32N4S. The van der Waals surface area contributed by atoms with Gasteiger partial charge in [-0.3, -0.25) is 0 Å². The van der Waals surface area contributed by atoms with Gasteiger partial charge in [0.1, 0.15) is 0 Å². The van der Waals surface area contributed by atoms with Crippen molar-refractivity contribution in [2.45, 2.75) is 0 Å². The van der Waals surface area contributed by atoms with Crippen molar-refractivity contribution in [3.8, 4) is 62.1 Å². The van der Waals surface area contributed by atoms with Gasteiger partial charge in [-0.25, -0.2) is 15.0 Å². The summed E-state index contributed by atoms with van der Waals surface area (Å²) < 4.78 is 4.97. The lowest BCUT2D eigenvalue weighted by Crippen LogP contribution is -2.00. The fraction of sp³-hybridized carbons (Fsp3) is 0. The maximum atomic E-state index is 5.17. The van der Waals surface area contributed by atoms with Crippen molar-refractivity contribution >= 4 is 53.3 Å². The van der Waals surface area contributed by atoms with Gasteiger partial charge in [0.2, 0.25) is 0 Å². The average Bonchev–Trinajstić information content (AvgIpc) is 3.83. The predicted molar refractivity (Wildman–Crippen MR) is 234 cm³/mol. The van der Waals surface area contributed by atoms with E-state index >= 15 is 0 Å². The normalized spacial score (nSPS) is 11.6. The Labute approximate surface area is 327 Å². The highest BCUT2D eigenvalue weighted by Gasteiger charge is 2.22. The molecule has 0 spiro atoms. The summed E-state index contributed by atoms with van der Waals surface area (Å²) in [5.41, 5.74) is 11.0. The Morgan fingerprint density at radius 1 is 0.357 bits per heavy atom. The van der Waals surface area contributed by atoms with Gasteiger partial charge >= 0.3 is 0 Å². The standard InChI is InChI=1S/C51H32N4S/c1-4-15-33(16-5-1)34-27-29-35(30-28-34)38-31-42-39-21-11-13-26-46(39)56-48(42)45(32-38)55-43-24-12-10-22-40(43)47-41(23-14-25-44(47)55)51-53-49(36-17-6-2-7-18-36)52-50(54-51)37-19-8-3-9-20-37/h1-32H. The highest BCUT2D eigenvalue weighted by atomic mass is 32.1. The predicted octanol–water partition coefficient (Wildman–Crippen LogP) is 13.7. The number of rotatable bonds is 6. The van der Waals surface area contributed by atoms with Gasteiger partial charge in [-0.2, -0.15) is 0 Å². The minimum atomic E-state index is 0.644. The van der Waals surface area contributed by atoms with Crippen LogP contribution in [0.15, 0.2) is 194 Å². The highest BCUT2D eigenvalue weighted by Crippen LogP contribution is 2.45. The van der Waals surface area contributed by atoms with Gasteiger partial charge in [0.15, 0.2) is 17.5 Å². The topological polar surface area (TPSA) is 43.6 Å². The summed E-state index contributed by atoms with van der Waals surface area (Å²) in [6.07, 6.45) is 0. The van der Waals surface area contributed by atoms with Crippen LogP contribution in [0.3, 0.4) is 0 Å². The second-order valence-electron chi connectivity index (χ2n) is 14.0. The largest absolute Gasteiger partial charge is 0.308 e. The SMILES string of the molecule is c1ccc(-c2ccc(-c3cc(-n4c5ccccc5c5c(-c6nc(-c7ccccc7)nc(-c7ccccc7)n6)cccc54)c4sc5ccccc5c4c3)cc2)cc1. The van der Waals surface area contributed by atoms with Gasteiger partial charge in [-0.1, -0.05) is 164 Å². The van der Waals surface area contributed by atoms with Crippen LogP contribution >= 0.6 is 11.3 Å². The molecule has 0 aliphatic carbocycles. The minimum Gasteiger partial charge on any atom is -0.308 e. The molecule has 0 saturated heterocycles. The molecule has 3 heterocycles. The van der Waals surface area contributed by atoms with Gasteiger partial charge in [0.25, 0.3) is 0 Å². The third kappa shape index (κ3) is 5.40. The molecule has 0 aliphatic rings. The molecule has 0 atom stereocenters. The first-order chi connectivity index (χ1) is 27.8. The number of aromatic nitrogens is 4. The maximum Gasteiger partial charge on any atom is 0.164 e. The molecule has 0 fully saturated rings. The Bertz CT molecular complexity index is 3160. The lowest BCUT2D eigenvalue weighted by molar-refractivity contribution is 1.08.